The van der Waals surface area contributed by atoms with Crippen molar-refractivity contribution >= 4 is 5.91 Å². The Morgan fingerprint density at radius 1 is 0.263 bits per heavy atom. The zero-order chi connectivity index (χ0) is 54.8. The van der Waals surface area contributed by atoms with Crippen LogP contribution in [0.15, 0.2) is 0 Å². The second-order valence-corrected chi connectivity index (χ2v) is 25.4. The third-order valence-electron chi connectivity index (χ3n) is 17.6. The topological polar surface area (TPSA) is 69.6 Å². The zero-order valence-electron chi connectivity index (χ0n) is 52.8. The van der Waals surface area contributed by atoms with Crippen LogP contribution in [0.4, 0.5) is 0 Å². The van der Waals surface area contributed by atoms with Crippen molar-refractivity contribution in [1.82, 2.24) is 5.32 Å². The van der Waals surface area contributed by atoms with Crippen molar-refractivity contribution in [3.8, 4) is 0 Å². The van der Waals surface area contributed by atoms with E-state index >= 15 is 0 Å². The summed E-state index contributed by atoms with van der Waals surface area (Å²) in [7, 11) is 0. The van der Waals surface area contributed by atoms with Crippen molar-refractivity contribution in [3.63, 3.8) is 0 Å². The van der Waals surface area contributed by atoms with E-state index in [-0.39, 0.29) is 12.5 Å². The van der Waals surface area contributed by atoms with Crippen molar-refractivity contribution in [2.75, 3.05) is 6.61 Å². The molecule has 3 N–H and O–H groups in total. The van der Waals surface area contributed by atoms with Crippen molar-refractivity contribution in [3.05, 3.63) is 0 Å². The minimum Gasteiger partial charge on any atom is -0.394 e. The Morgan fingerprint density at radius 2 is 0.421 bits per heavy atom. The van der Waals surface area contributed by atoms with E-state index in [1.54, 1.807) is 0 Å². The number of hydrogen-bond acceptors (Lipinski definition) is 3. The van der Waals surface area contributed by atoms with Gasteiger partial charge in [0.05, 0.1) is 18.8 Å². The molecule has 0 saturated carbocycles. The fraction of sp³-hybridized carbons (Fsp3) is 0.986. The van der Waals surface area contributed by atoms with E-state index in [9.17, 15) is 15.0 Å². The first-order valence-corrected chi connectivity index (χ1v) is 36.2. The van der Waals surface area contributed by atoms with Crippen LogP contribution in [-0.2, 0) is 4.79 Å². The highest BCUT2D eigenvalue weighted by molar-refractivity contribution is 5.76. The average Bonchev–Trinajstić information content (AvgIpc) is 3.42. The molecule has 4 nitrogen and oxygen atoms in total. The third kappa shape index (κ3) is 64.2. The smallest absolute Gasteiger partial charge is 0.220 e. The predicted molar refractivity (Wildman–Crippen MR) is 341 cm³/mol. The molecule has 0 aliphatic heterocycles. The van der Waals surface area contributed by atoms with Crippen molar-refractivity contribution in [1.29, 1.82) is 0 Å². The number of aliphatic hydroxyl groups excluding tert-OH is 2. The lowest BCUT2D eigenvalue weighted by atomic mass is 10.0. The fourth-order valence-electron chi connectivity index (χ4n) is 12.1. The maximum atomic E-state index is 12.6. The third-order valence-corrected chi connectivity index (χ3v) is 17.6. The van der Waals surface area contributed by atoms with Gasteiger partial charge < -0.3 is 15.5 Å². The van der Waals surface area contributed by atoms with Crippen molar-refractivity contribution < 1.29 is 15.0 Å². The Morgan fingerprint density at radius 3 is 0.592 bits per heavy atom. The van der Waals surface area contributed by atoms with E-state index < -0.39 is 12.1 Å². The van der Waals surface area contributed by atoms with Crippen LogP contribution in [-0.4, -0.2) is 34.9 Å². The van der Waals surface area contributed by atoms with E-state index in [4.69, 9.17) is 0 Å². The van der Waals surface area contributed by atoms with Crippen LogP contribution in [0.1, 0.15) is 438 Å². The van der Waals surface area contributed by atoms with E-state index in [2.05, 4.69) is 19.2 Å². The summed E-state index contributed by atoms with van der Waals surface area (Å²) in [5.74, 6) is -0.0188. The molecule has 1 amide bonds. The summed E-state index contributed by atoms with van der Waals surface area (Å²) >= 11 is 0. The average molecular weight is 1070 g/mol. The molecule has 0 heterocycles. The maximum absolute atomic E-state index is 12.6. The molecule has 0 aromatic carbocycles. The molecule has 0 aromatic rings. The largest absolute Gasteiger partial charge is 0.394 e. The molecule has 2 unspecified atom stereocenters. The van der Waals surface area contributed by atoms with Crippen LogP contribution in [0.2, 0.25) is 0 Å². The van der Waals surface area contributed by atoms with E-state index in [1.807, 2.05) is 0 Å². The second-order valence-electron chi connectivity index (χ2n) is 25.4. The molecule has 0 saturated heterocycles. The number of unbranched alkanes of at least 4 members (excludes halogenated alkanes) is 62. The van der Waals surface area contributed by atoms with Gasteiger partial charge in [-0.15, -0.1) is 0 Å². The molecule has 0 aliphatic carbocycles. The summed E-state index contributed by atoms with van der Waals surface area (Å²) in [5, 5.41) is 23.5. The highest BCUT2D eigenvalue weighted by atomic mass is 16.3. The Balaban J connectivity index is 3.34. The van der Waals surface area contributed by atoms with Gasteiger partial charge in [-0.05, 0) is 12.8 Å². The predicted octanol–water partition coefficient (Wildman–Crippen LogP) is 24.6. The zero-order valence-corrected chi connectivity index (χ0v) is 52.8. The van der Waals surface area contributed by atoms with Crippen LogP contribution in [0.5, 0.6) is 0 Å². The molecule has 0 radical (unpaired) electrons. The van der Waals surface area contributed by atoms with Crippen LogP contribution in [0.25, 0.3) is 0 Å². The molecule has 0 aliphatic rings. The summed E-state index contributed by atoms with van der Waals surface area (Å²) in [5.41, 5.74) is 0. The van der Waals surface area contributed by atoms with Gasteiger partial charge in [-0.1, -0.05) is 418 Å². The quantitative estimate of drug-likeness (QED) is 0.0532. The molecule has 4 heteroatoms. The van der Waals surface area contributed by atoms with Crippen molar-refractivity contribution in [2.24, 2.45) is 0 Å². The van der Waals surface area contributed by atoms with Gasteiger partial charge in [-0.3, -0.25) is 4.79 Å². The van der Waals surface area contributed by atoms with Crippen LogP contribution < -0.4 is 5.32 Å². The molecular weight excluding hydrogens is 927 g/mol. The summed E-state index contributed by atoms with van der Waals surface area (Å²) in [6.07, 6.45) is 90.4. The van der Waals surface area contributed by atoms with Gasteiger partial charge in [-0.25, -0.2) is 0 Å². The standard InChI is InChI=1S/C72H145NO3/c1-3-5-7-9-11-13-15-17-19-21-23-25-27-29-31-33-34-35-36-37-38-40-42-44-46-48-50-52-54-56-58-60-62-64-66-68-72(76)73-70(69-74)71(75)67-65-63-61-59-57-55-53-51-49-47-45-43-41-39-32-30-28-26-24-22-20-18-16-14-12-10-8-6-4-2/h70-71,74-75H,3-69H2,1-2H3,(H,73,76). The number of rotatable bonds is 69. The molecule has 456 valence electrons. The number of amides is 1. The monoisotopic (exact) mass is 1070 g/mol. The molecule has 0 spiro atoms. The maximum Gasteiger partial charge on any atom is 0.220 e. The first-order valence-electron chi connectivity index (χ1n) is 36.2. The van der Waals surface area contributed by atoms with Gasteiger partial charge in [0.25, 0.3) is 0 Å². The van der Waals surface area contributed by atoms with Gasteiger partial charge in [0, 0.05) is 6.42 Å². The first-order chi connectivity index (χ1) is 37.7. The van der Waals surface area contributed by atoms with Gasteiger partial charge in [0.2, 0.25) is 5.91 Å². The highest BCUT2D eigenvalue weighted by Gasteiger charge is 2.20. The minimum absolute atomic E-state index is 0.0188. The van der Waals surface area contributed by atoms with Crippen molar-refractivity contribution in [2.45, 2.75) is 450 Å². The van der Waals surface area contributed by atoms with Gasteiger partial charge in [-0.2, -0.15) is 0 Å². The molecule has 2 atom stereocenters. The highest BCUT2D eigenvalue weighted by Crippen LogP contribution is 2.20. The number of nitrogens with one attached hydrogen (secondary N) is 1. The molecule has 0 bridgehead atoms. The summed E-state index contributed by atoms with van der Waals surface area (Å²) in [6, 6.07) is -0.533. The molecule has 0 aromatic heterocycles. The molecule has 0 rings (SSSR count). The normalized spacial score (nSPS) is 12.5. The van der Waals surface area contributed by atoms with Gasteiger partial charge >= 0.3 is 0 Å². The van der Waals surface area contributed by atoms with Crippen LogP contribution >= 0.6 is 0 Å². The molecule has 0 fully saturated rings. The van der Waals surface area contributed by atoms with E-state index in [0.29, 0.717) is 12.8 Å². The van der Waals surface area contributed by atoms with Gasteiger partial charge in [0.1, 0.15) is 0 Å². The SMILES string of the molecule is CCCCCCCCCCCCCCCCCCCCCCCCCCCCCCCCCCCCCC(=O)NC(CO)C(O)CCCCCCCCCCCCCCCCCCCCCCCCCCCCCCC. The number of carbonyl (C=O) groups is 1. The second kappa shape index (κ2) is 68.7. The number of aliphatic hydroxyl groups is 2. The van der Waals surface area contributed by atoms with Crippen LogP contribution in [0.3, 0.4) is 0 Å². The first kappa shape index (κ1) is 75.4. The Hall–Kier alpha value is -0.610. The summed E-state index contributed by atoms with van der Waals surface area (Å²) in [4.78, 5) is 12.6. The van der Waals surface area contributed by atoms with Gasteiger partial charge in [0.15, 0.2) is 0 Å². The lowest BCUT2D eigenvalue weighted by molar-refractivity contribution is -0.123. The van der Waals surface area contributed by atoms with Crippen LogP contribution in [0, 0.1) is 0 Å². The van der Waals surface area contributed by atoms with E-state index in [0.717, 1.165) is 25.7 Å². The minimum atomic E-state index is -0.657. The van der Waals surface area contributed by atoms with E-state index in [1.165, 1.54) is 385 Å². The summed E-state index contributed by atoms with van der Waals surface area (Å²) in [6.45, 7) is 4.42. The summed E-state index contributed by atoms with van der Waals surface area (Å²) < 4.78 is 0. The lowest BCUT2D eigenvalue weighted by Crippen LogP contribution is -2.45. The fourth-order valence-corrected chi connectivity index (χ4v) is 12.1. The number of carbonyl (C=O) groups excluding carboxylic acids is 1. The number of hydrogen-bond donors (Lipinski definition) is 3. The Bertz CT molecular complexity index is 1030. The molecule has 76 heavy (non-hydrogen) atoms. The Labute approximate surface area is 480 Å². The lowest BCUT2D eigenvalue weighted by Gasteiger charge is -2.22. The Kier molecular flexibility index (Phi) is 68.1. The molecular formula is C72H145NO3.